The van der Waals surface area contributed by atoms with Gasteiger partial charge in [0.15, 0.2) is 0 Å². The zero-order chi connectivity index (χ0) is 23.4. The van der Waals surface area contributed by atoms with Gasteiger partial charge in [0.25, 0.3) is 0 Å². The van der Waals surface area contributed by atoms with E-state index >= 15 is 0 Å². The lowest BCUT2D eigenvalue weighted by molar-refractivity contribution is 0.483. The lowest BCUT2D eigenvalue weighted by atomic mass is 9.46. The predicted molar refractivity (Wildman–Crippen MR) is 145 cm³/mol. The number of benzene rings is 4. The van der Waals surface area contributed by atoms with Crippen LogP contribution in [0, 0.1) is 0 Å². The van der Waals surface area contributed by atoms with Crippen molar-refractivity contribution < 1.29 is 4.74 Å². The van der Waals surface area contributed by atoms with Gasteiger partial charge in [-0.1, -0.05) is 77.1 Å². The summed E-state index contributed by atoms with van der Waals surface area (Å²) in [5, 5.41) is 2.68. The molecule has 2 nitrogen and oxygen atoms in total. The number of rotatable bonds is 1. The first-order valence-electron chi connectivity index (χ1n) is 12.3. The average molecular weight is 441 g/mol. The monoisotopic (exact) mass is 441 g/mol. The van der Waals surface area contributed by atoms with E-state index in [-0.39, 0.29) is 12.3 Å². The third-order valence-electron chi connectivity index (χ3n) is 7.76. The van der Waals surface area contributed by atoms with Gasteiger partial charge >= 0.3 is 6.85 Å². The van der Waals surface area contributed by atoms with Crippen molar-refractivity contribution in [2.45, 2.75) is 46.0 Å². The minimum Gasteiger partial charge on any atom is -0.458 e. The molecular formula is C31H28BNO. The van der Waals surface area contributed by atoms with Gasteiger partial charge < -0.3 is 9.21 Å². The number of aromatic nitrogens is 1. The van der Waals surface area contributed by atoms with E-state index in [0.717, 1.165) is 11.5 Å². The van der Waals surface area contributed by atoms with E-state index in [0.29, 0.717) is 5.92 Å². The fourth-order valence-electron chi connectivity index (χ4n) is 5.95. The van der Waals surface area contributed by atoms with Crippen LogP contribution in [-0.4, -0.2) is 11.3 Å². The van der Waals surface area contributed by atoms with Crippen molar-refractivity contribution in [3.8, 4) is 22.6 Å². The van der Waals surface area contributed by atoms with Crippen LogP contribution in [0.3, 0.4) is 0 Å². The molecule has 4 aromatic carbocycles. The van der Waals surface area contributed by atoms with Crippen LogP contribution in [0.2, 0.25) is 0 Å². The van der Waals surface area contributed by atoms with E-state index in [9.17, 15) is 0 Å². The van der Waals surface area contributed by atoms with Crippen LogP contribution in [0.5, 0.6) is 11.5 Å². The summed E-state index contributed by atoms with van der Waals surface area (Å²) in [6, 6.07) is 27.0. The molecule has 34 heavy (non-hydrogen) atoms. The Morgan fingerprint density at radius 2 is 1.56 bits per heavy atom. The summed E-state index contributed by atoms with van der Waals surface area (Å²) < 4.78 is 9.20. The van der Waals surface area contributed by atoms with Crippen molar-refractivity contribution in [1.29, 1.82) is 0 Å². The molecule has 0 bridgehead atoms. The van der Waals surface area contributed by atoms with Gasteiger partial charge in [-0.15, -0.1) is 0 Å². The van der Waals surface area contributed by atoms with Gasteiger partial charge in [-0.05, 0) is 63.8 Å². The van der Waals surface area contributed by atoms with Gasteiger partial charge in [0.1, 0.15) is 11.5 Å². The number of fused-ring (bicyclic) bond motifs is 7. The average Bonchev–Trinajstić information content (AvgIpc) is 3.15. The van der Waals surface area contributed by atoms with E-state index in [4.69, 9.17) is 4.74 Å². The minimum absolute atomic E-state index is 0.0281. The Kier molecular flexibility index (Phi) is 3.86. The fraction of sp³-hybridized carbons (Fsp3) is 0.226. The van der Waals surface area contributed by atoms with E-state index in [1.54, 1.807) is 0 Å². The Hall–Kier alpha value is -3.46. The van der Waals surface area contributed by atoms with Crippen molar-refractivity contribution in [1.82, 2.24) is 4.48 Å². The molecule has 0 fully saturated rings. The van der Waals surface area contributed by atoms with Gasteiger partial charge in [-0.3, -0.25) is 0 Å². The highest BCUT2D eigenvalue weighted by Crippen LogP contribution is 2.45. The highest BCUT2D eigenvalue weighted by Gasteiger charge is 2.41. The molecule has 0 unspecified atom stereocenters. The molecule has 7 rings (SSSR count). The maximum absolute atomic E-state index is 6.62. The quantitative estimate of drug-likeness (QED) is 0.251. The maximum atomic E-state index is 6.62. The Balaban J connectivity index is 1.72. The van der Waals surface area contributed by atoms with Crippen LogP contribution < -0.4 is 15.7 Å². The number of para-hydroxylation sites is 2. The summed E-state index contributed by atoms with van der Waals surface area (Å²) in [5.41, 5.74) is 10.5. The standard InChI is InChI=1S/C31H28BNO/c1-18(2)19-14-23-21-10-6-8-12-26(21)33-30(23)24(15-19)22-16-20(31(3,4)5)17-28-29(22)32(33)25-11-7-9-13-27(25)34-28/h6-18H,1-5H3. The lowest BCUT2D eigenvalue weighted by Gasteiger charge is -2.35. The van der Waals surface area contributed by atoms with Crippen LogP contribution in [0.4, 0.5) is 0 Å². The van der Waals surface area contributed by atoms with E-state index < -0.39 is 0 Å². The first-order chi connectivity index (χ1) is 16.3. The van der Waals surface area contributed by atoms with Crippen LogP contribution >= 0.6 is 0 Å². The third-order valence-corrected chi connectivity index (χ3v) is 7.76. The van der Waals surface area contributed by atoms with Crippen molar-refractivity contribution in [3.63, 3.8) is 0 Å². The van der Waals surface area contributed by atoms with E-state index in [1.165, 1.54) is 55.0 Å². The smallest absolute Gasteiger partial charge is 0.336 e. The Bertz CT molecular complexity index is 1650. The van der Waals surface area contributed by atoms with Crippen LogP contribution in [0.1, 0.15) is 51.7 Å². The van der Waals surface area contributed by atoms with E-state index in [1.807, 2.05) is 0 Å². The van der Waals surface area contributed by atoms with Crippen LogP contribution in [-0.2, 0) is 5.41 Å². The SMILES string of the molecule is CC(C)c1cc2c3c(c1)c1ccccc1n3B1c3ccccc3Oc3cc(C(C)(C)C)cc-2c31. The van der Waals surface area contributed by atoms with Crippen molar-refractivity contribution >= 4 is 39.6 Å². The summed E-state index contributed by atoms with van der Waals surface area (Å²) in [6.07, 6.45) is 0. The summed E-state index contributed by atoms with van der Waals surface area (Å²) in [7, 11) is 0. The molecule has 0 spiro atoms. The zero-order valence-electron chi connectivity index (χ0n) is 20.4. The molecule has 5 aromatic rings. The van der Waals surface area contributed by atoms with Crippen LogP contribution in [0.15, 0.2) is 72.8 Å². The molecule has 166 valence electrons. The summed E-state index contributed by atoms with van der Waals surface area (Å²) in [4.78, 5) is 0. The number of hydrogen-bond donors (Lipinski definition) is 0. The maximum Gasteiger partial charge on any atom is 0.336 e. The van der Waals surface area contributed by atoms with Crippen LogP contribution in [0.25, 0.3) is 32.9 Å². The van der Waals surface area contributed by atoms with Crippen molar-refractivity contribution in [3.05, 3.63) is 83.9 Å². The molecule has 3 heterocycles. The van der Waals surface area contributed by atoms with Crippen molar-refractivity contribution in [2.24, 2.45) is 0 Å². The second kappa shape index (κ2) is 6.57. The zero-order valence-corrected chi connectivity index (χ0v) is 20.4. The second-order valence-corrected chi connectivity index (χ2v) is 11.2. The molecule has 0 amide bonds. The van der Waals surface area contributed by atoms with Gasteiger partial charge in [-0.25, -0.2) is 0 Å². The molecule has 0 radical (unpaired) electrons. The molecule has 0 saturated carbocycles. The summed E-state index contributed by atoms with van der Waals surface area (Å²) in [5.74, 6) is 2.42. The van der Waals surface area contributed by atoms with Gasteiger partial charge in [0, 0.05) is 32.8 Å². The number of hydrogen-bond acceptors (Lipinski definition) is 1. The second-order valence-electron chi connectivity index (χ2n) is 11.2. The Morgan fingerprint density at radius 3 is 2.35 bits per heavy atom. The topological polar surface area (TPSA) is 14.2 Å². The van der Waals surface area contributed by atoms with Crippen molar-refractivity contribution in [2.75, 3.05) is 0 Å². The predicted octanol–water partition coefficient (Wildman–Crippen LogP) is 6.96. The first kappa shape index (κ1) is 20.0. The largest absolute Gasteiger partial charge is 0.458 e. The Labute approximate surface area is 201 Å². The summed E-state index contributed by atoms with van der Waals surface area (Å²) >= 11 is 0. The molecule has 2 aliphatic rings. The number of ether oxygens (including phenoxy) is 1. The van der Waals surface area contributed by atoms with Gasteiger partial charge in [-0.2, -0.15) is 0 Å². The molecule has 0 aliphatic carbocycles. The molecule has 2 aliphatic heterocycles. The molecule has 3 heteroatoms. The fourth-order valence-corrected chi connectivity index (χ4v) is 5.95. The third kappa shape index (κ3) is 2.53. The molecule has 0 saturated heterocycles. The summed E-state index contributed by atoms with van der Waals surface area (Å²) in [6.45, 7) is 11.5. The highest BCUT2D eigenvalue weighted by atomic mass is 16.5. The molecule has 1 aromatic heterocycles. The van der Waals surface area contributed by atoms with E-state index in [2.05, 4.69) is 112 Å². The normalized spacial score (nSPS) is 13.9. The minimum atomic E-state index is 0.0281. The number of nitrogens with zero attached hydrogens (tertiary/aromatic N) is 1. The highest BCUT2D eigenvalue weighted by molar-refractivity contribution is 6.88. The van der Waals surface area contributed by atoms with Gasteiger partial charge in [0.05, 0.1) is 0 Å². The molecule has 0 N–H and O–H groups in total. The van der Waals surface area contributed by atoms with Gasteiger partial charge in [0.2, 0.25) is 0 Å². The molecule has 0 atom stereocenters. The lowest BCUT2D eigenvalue weighted by Crippen LogP contribution is -2.54. The Morgan fingerprint density at radius 1 is 0.794 bits per heavy atom. The first-order valence-corrected chi connectivity index (χ1v) is 12.3. The molecular weight excluding hydrogens is 413 g/mol.